The van der Waals surface area contributed by atoms with Crippen molar-refractivity contribution in [2.45, 2.75) is 26.2 Å². The second kappa shape index (κ2) is 22.2. The largest absolute Gasteiger partial charge is 0.458 e. The van der Waals surface area contributed by atoms with Crippen molar-refractivity contribution in [3.05, 3.63) is 333 Å². The summed E-state index contributed by atoms with van der Waals surface area (Å²) in [7, 11) is -6.30. The molecule has 7 heteroatoms. The van der Waals surface area contributed by atoms with Crippen LogP contribution in [0.25, 0.3) is 128 Å². The zero-order valence-corrected chi connectivity index (χ0v) is 52.2. The Hall–Kier alpha value is -11.9. The first-order valence-electron chi connectivity index (χ1n) is 40.5. The average Bonchev–Trinajstić information content (AvgIpc) is 0.899. The second-order valence-corrected chi connectivity index (χ2v) is 28.0. The number of fused-ring (bicyclic) bond motifs is 13. The summed E-state index contributed by atoms with van der Waals surface area (Å²) >= 11 is 0. The van der Waals surface area contributed by atoms with Crippen LogP contribution in [0.4, 0.5) is 0 Å². The van der Waals surface area contributed by atoms with Crippen LogP contribution in [0, 0.1) is 6.33 Å². The normalized spacial score (nSPS) is 15.0. The van der Waals surface area contributed by atoms with Crippen LogP contribution in [0.3, 0.4) is 0 Å². The molecule has 0 amide bonds. The fourth-order valence-electron chi connectivity index (χ4n) is 13.8. The molecular formula is C88H62N4O2Si. The van der Waals surface area contributed by atoms with E-state index < -0.39 is 149 Å². The molecule has 13 aromatic carbocycles. The molecular weight excluding hydrogens is 1170 g/mol. The van der Waals surface area contributed by atoms with E-state index in [0.717, 1.165) is 71.8 Å². The van der Waals surface area contributed by atoms with Crippen molar-refractivity contribution in [1.29, 1.82) is 0 Å². The molecule has 1 aliphatic heterocycles. The van der Waals surface area contributed by atoms with Gasteiger partial charge in [-0.2, -0.15) is 0 Å². The molecule has 0 N–H and O–H groups in total. The number of rotatable bonds is 10. The summed E-state index contributed by atoms with van der Waals surface area (Å²) in [5, 5.41) is 0.0169. The third-order valence-corrected chi connectivity index (χ3v) is 22.1. The monoisotopic (exact) mass is 1250 g/mol. The Balaban J connectivity index is 0.961. The van der Waals surface area contributed by atoms with Gasteiger partial charge in [0.05, 0.1) is 59.5 Å². The molecule has 0 spiro atoms. The van der Waals surface area contributed by atoms with E-state index in [-0.39, 0.29) is 16.7 Å². The fraction of sp³-hybridized carbons (Fsp3) is 0.0455. The lowest BCUT2D eigenvalue weighted by atomic mass is 9.87. The molecule has 0 radical (unpaired) electrons. The van der Waals surface area contributed by atoms with Crippen LogP contribution in [0.1, 0.15) is 52.4 Å². The summed E-state index contributed by atoms with van der Waals surface area (Å²) in [5.41, 5.74) is 10.9. The molecule has 0 fully saturated rings. The second-order valence-electron chi connectivity index (χ2n) is 24.5. The number of hydrogen-bond acceptors (Lipinski definition) is 3. The molecule has 5 heterocycles. The molecule has 95 heavy (non-hydrogen) atoms. The first kappa shape index (κ1) is 39.5. The Morgan fingerprint density at radius 3 is 1.77 bits per heavy atom. The smallest absolute Gasteiger partial charge is 0.269 e. The van der Waals surface area contributed by atoms with Crippen LogP contribution in [0.2, 0.25) is 0 Å². The standard InChI is InChI=1S/C88H62N4O2Si/c1-88(2,3)61-48-49-89-85(54-61)92-80-42-19-17-38-74(80)75-46-45-64(56-81(75)92)93-63-26-22-25-62(55-63)90-57-91-86-69(59-24-21-33-68(50-59)95(65-27-7-4-8-28-65,66-29-9-5-10-30-66)67-31-11-6-12-32-67)40-23-41-77(86)72-36-15-13-34-70(72)71-35-14-16-37-73(71)79-52-60(53-82(90)87(79)91)58-44-47-84-78(51-58)76-39-18-20-43-83(76)94-84/h4-56H,1-3H3/i4D,5D,6D,7D,8D,9D,10D,11D,12D,21D,24D,27D,28D,29D,30D,31D,32D,33D,50D. The summed E-state index contributed by atoms with van der Waals surface area (Å²) in [5.74, 6) is 1.67. The maximum absolute atomic E-state index is 11.2. The zero-order chi connectivity index (χ0) is 79.9. The van der Waals surface area contributed by atoms with Crippen molar-refractivity contribution in [2.75, 3.05) is 0 Å². The molecule has 0 bridgehead atoms. The van der Waals surface area contributed by atoms with Gasteiger partial charge in [0, 0.05) is 33.8 Å². The number of para-hydroxylation sites is 3. The number of imidazole rings is 1. The van der Waals surface area contributed by atoms with Gasteiger partial charge >= 0.3 is 0 Å². The van der Waals surface area contributed by atoms with E-state index in [0.29, 0.717) is 56.1 Å². The molecule has 17 aromatic rings. The minimum absolute atomic E-state index is 0.0260. The van der Waals surface area contributed by atoms with Crippen molar-refractivity contribution in [1.82, 2.24) is 14.1 Å². The molecule has 0 atom stereocenters. The predicted octanol–water partition coefficient (Wildman–Crippen LogP) is 19.2. The van der Waals surface area contributed by atoms with Crippen LogP contribution in [-0.2, 0) is 5.41 Å². The van der Waals surface area contributed by atoms with Gasteiger partial charge in [-0.05, 0) is 160 Å². The molecule has 0 aliphatic carbocycles. The summed E-state index contributed by atoms with van der Waals surface area (Å²) in [6, 6.07) is 44.6. The Bertz CT molecular complexity index is 6850. The Kier molecular flexibility index (Phi) is 9.21. The molecule has 1 aliphatic rings. The van der Waals surface area contributed by atoms with Gasteiger partial charge in [-0.15, -0.1) is 0 Å². The number of benzene rings is 13. The highest BCUT2D eigenvalue weighted by Crippen LogP contribution is 2.47. The molecule has 0 saturated heterocycles. The fourth-order valence-corrected chi connectivity index (χ4v) is 17.4. The van der Waals surface area contributed by atoms with Gasteiger partial charge in [0.25, 0.3) is 6.33 Å². The molecule has 0 unspecified atom stereocenters. The SMILES string of the molecule is [2H]c1c([2H])c([2H])c([Si](c2c([2H])c([2H])c([2H])c([2H])c2[2H])(c2c([2H])c([2H])c([2H])c([2H])c2[2H])c2c([2H])c([2H])c([2H])c(-c3cccc4c3-[n+]3[c-]n(-c5cccc(Oc6ccc7c8ccccc8n(-c8cc(C(C)(C)C)ccn8)c7c6)c5)c5cc(-c6ccc7oc8ccccc8c7c6)cc(c53)-c3ccccc3-c3ccccc3-4)c2[2H])c([2H])c1[2H]. The quantitative estimate of drug-likeness (QED) is 0.0593. The summed E-state index contributed by atoms with van der Waals surface area (Å²) in [6.45, 7) is 6.49. The van der Waals surface area contributed by atoms with E-state index in [1.54, 1.807) is 16.7 Å². The lowest BCUT2D eigenvalue weighted by molar-refractivity contribution is -0.570. The van der Waals surface area contributed by atoms with Crippen molar-refractivity contribution in [2.24, 2.45) is 0 Å². The van der Waals surface area contributed by atoms with E-state index in [1.807, 2.05) is 168 Å². The summed E-state index contributed by atoms with van der Waals surface area (Å²) in [6.07, 6.45) is 5.61. The first-order valence-corrected chi connectivity index (χ1v) is 33.0. The van der Waals surface area contributed by atoms with E-state index in [9.17, 15) is 21.9 Å². The number of hydrogen-bond donors (Lipinski definition) is 0. The van der Waals surface area contributed by atoms with Crippen molar-refractivity contribution in [3.63, 3.8) is 0 Å². The number of aromatic nitrogens is 4. The number of nitrogens with zero attached hydrogens (tertiary/aromatic N) is 4. The lowest BCUT2D eigenvalue weighted by Gasteiger charge is -2.34. The Labute approximate surface area is 578 Å². The number of ether oxygens (including phenoxy) is 1. The Morgan fingerprint density at radius 1 is 0.442 bits per heavy atom. The highest BCUT2D eigenvalue weighted by Gasteiger charge is 2.42. The van der Waals surface area contributed by atoms with Gasteiger partial charge in [-0.25, -0.2) is 4.98 Å². The van der Waals surface area contributed by atoms with Crippen LogP contribution in [-0.4, -0.2) is 22.2 Å². The van der Waals surface area contributed by atoms with Gasteiger partial charge in [0.15, 0.2) is 8.07 Å². The number of furan rings is 1. The van der Waals surface area contributed by atoms with Gasteiger partial charge < -0.3 is 9.15 Å². The summed E-state index contributed by atoms with van der Waals surface area (Å²) < 4.78 is 203. The average molecular weight is 1250 g/mol. The maximum Gasteiger partial charge on any atom is 0.269 e. The van der Waals surface area contributed by atoms with Gasteiger partial charge in [0.2, 0.25) is 0 Å². The molecule has 6 nitrogen and oxygen atoms in total. The lowest BCUT2D eigenvalue weighted by Crippen LogP contribution is -2.74. The minimum Gasteiger partial charge on any atom is -0.458 e. The zero-order valence-electron chi connectivity index (χ0n) is 70.2. The van der Waals surface area contributed by atoms with Crippen LogP contribution in [0.15, 0.2) is 326 Å². The Morgan fingerprint density at radius 2 is 1.04 bits per heavy atom. The third kappa shape index (κ3) is 9.14. The minimum atomic E-state index is -6.30. The van der Waals surface area contributed by atoms with Crippen LogP contribution in [0.5, 0.6) is 11.5 Å². The van der Waals surface area contributed by atoms with Crippen molar-refractivity contribution >= 4 is 83.6 Å². The number of pyridine rings is 1. The molecule has 4 aromatic heterocycles. The van der Waals surface area contributed by atoms with E-state index >= 15 is 0 Å². The molecule has 450 valence electrons. The van der Waals surface area contributed by atoms with Crippen molar-refractivity contribution in [3.8, 4) is 84.3 Å². The van der Waals surface area contributed by atoms with Crippen molar-refractivity contribution < 1.29 is 39.8 Å². The van der Waals surface area contributed by atoms with Gasteiger partial charge in [-0.1, -0.05) is 257 Å². The first-order chi connectivity index (χ1) is 54.6. The highest BCUT2D eigenvalue weighted by molar-refractivity contribution is 7.20. The predicted molar refractivity (Wildman–Crippen MR) is 393 cm³/mol. The molecule has 18 rings (SSSR count). The van der Waals surface area contributed by atoms with Gasteiger partial charge in [-0.3, -0.25) is 13.7 Å². The maximum atomic E-state index is 11.2. The van der Waals surface area contributed by atoms with Gasteiger partial charge in [0.1, 0.15) is 28.5 Å². The van der Waals surface area contributed by atoms with E-state index in [4.69, 9.17) is 18.3 Å². The highest BCUT2D eigenvalue weighted by atomic mass is 28.3. The van der Waals surface area contributed by atoms with E-state index in [1.165, 1.54) is 0 Å². The summed E-state index contributed by atoms with van der Waals surface area (Å²) in [4.78, 5) is 4.92. The third-order valence-electron chi connectivity index (χ3n) is 18.1. The topological polar surface area (TPSA) is 49.0 Å². The molecule has 0 saturated carbocycles. The van der Waals surface area contributed by atoms with Crippen LogP contribution >= 0.6 is 0 Å². The van der Waals surface area contributed by atoms with E-state index in [2.05, 4.69) is 62.0 Å². The van der Waals surface area contributed by atoms with Crippen LogP contribution < -0.4 is 30.1 Å².